The fraction of sp³-hybridized carbons (Fsp3) is 0. The second-order valence-electron chi connectivity index (χ2n) is 1.65. The summed E-state index contributed by atoms with van der Waals surface area (Å²) in [5, 5.41) is 7.04. The molecule has 6 heteroatoms. The van der Waals surface area contributed by atoms with Crippen LogP contribution in [0, 0.1) is 0 Å². The van der Waals surface area contributed by atoms with Crippen LogP contribution >= 0.6 is 12.2 Å². The molecule has 0 aromatic carbocycles. The molecule has 0 saturated carbocycles. The molecule has 5 nitrogen and oxygen atoms in total. The first kappa shape index (κ1) is 8.54. The molecule has 0 amide bonds. The zero-order chi connectivity index (χ0) is 8.65. The lowest BCUT2D eigenvalue weighted by molar-refractivity contribution is 1.17. The SMILES string of the molecule is S=C1N=CN=N1.c1cncnc1. The molecule has 1 aliphatic heterocycles. The lowest BCUT2D eigenvalue weighted by Crippen LogP contribution is -1.69. The van der Waals surface area contributed by atoms with Crippen molar-refractivity contribution in [3.8, 4) is 0 Å². The molecule has 0 aliphatic carbocycles. The Labute approximate surface area is 74.3 Å². The number of hydrogen-bond donors (Lipinski definition) is 0. The number of aliphatic imine (C=N–C) groups is 1. The number of rotatable bonds is 0. The normalized spacial score (nSPS) is 12.5. The molecule has 0 saturated heterocycles. The number of nitrogens with zero attached hydrogens (tertiary/aromatic N) is 5. The van der Waals surface area contributed by atoms with Crippen LogP contribution in [0.1, 0.15) is 0 Å². The summed E-state index contributed by atoms with van der Waals surface area (Å²) in [5.41, 5.74) is 0. The number of aromatic nitrogens is 2. The van der Waals surface area contributed by atoms with Gasteiger partial charge in [0.15, 0.2) is 0 Å². The first-order chi connectivity index (χ1) is 5.89. The third-order valence-electron chi connectivity index (χ3n) is 0.841. The standard InChI is InChI=1S/C4H4N2.C2HN3S/c1-2-5-4-6-3-1;6-2-3-1-4-5-2/h1-4H;1H. The molecule has 0 unspecified atom stereocenters. The maximum Gasteiger partial charge on any atom is 0.241 e. The van der Waals surface area contributed by atoms with E-state index in [1.807, 2.05) is 0 Å². The van der Waals surface area contributed by atoms with E-state index in [0.29, 0.717) is 5.11 Å². The molecule has 0 bridgehead atoms. The molecular weight excluding hydrogens is 174 g/mol. The maximum absolute atomic E-state index is 4.46. The monoisotopic (exact) mass is 179 g/mol. The Kier molecular flexibility index (Phi) is 3.65. The summed E-state index contributed by atoms with van der Waals surface area (Å²) in [6.07, 6.45) is 6.20. The molecule has 1 aromatic heterocycles. The van der Waals surface area contributed by atoms with Crippen molar-refractivity contribution in [2.24, 2.45) is 15.2 Å². The van der Waals surface area contributed by atoms with Crippen molar-refractivity contribution in [2.45, 2.75) is 0 Å². The lowest BCUT2D eigenvalue weighted by atomic mass is 10.7. The first-order valence-electron chi connectivity index (χ1n) is 3.07. The Balaban J connectivity index is 0.000000120. The highest BCUT2D eigenvalue weighted by Gasteiger charge is 1.88. The van der Waals surface area contributed by atoms with Gasteiger partial charge in [-0.3, -0.25) is 0 Å². The zero-order valence-electron chi connectivity index (χ0n) is 6.03. The number of azo groups is 1. The van der Waals surface area contributed by atoms with Crippen molar-refractivity contribution in [1.29, 1.82) is 0 Å². The third kappa shape index (κ3) is 3.57. The summed E-state index contributed by atoms with van der Waals surface area (Å²) < 4.78 is 0. The molecule has 12 heavy (non-hydrogen) atoms. The molecule has 0 spiro atoms. The van der Waals surface area contributed by atoms with Crippen LogP contribution in [0.3, 0.4) is 0 Å². The van der Waals surface area contributed by atoms with Crippen LogP contribution in [0.5, 0.6) is 0 Å². The van der Waals surface area contributed by atoms with Gasteiger partial charge < -0.3 is 0 Å². The topological polar surface area (TPSA) is 62.9 Å². The smallest absolute Gasteiger partial charge is 0.241 e. The van der Waals surface area contributed by atoms with Crippen LogP contribution < -0.4 is 0 Å². The molecule has 0 N–H and O–H groups in total. The van der Waals surface area contributed by atoms with Crippen LogP contribution in [0.15, 0.2) is 40.0 Å². The van der Waals surface area contributed by atoms with Crippen LogP contribution in [0.4, 0.5) is 0 Å². The second kappa shape index (κ2) is 5.14. The van der Waals surface area contributed by atoms with Crippen molar-refractivity contribution in [3.05, 3.63) is 24.8 Å². The number of thiocarbonyl (C=S) groups is 1. The lowest BCUT2D eigenvalue weighted by Gasteiger charge is -1.70. The summed E-state index contributed by atoms with van der Waals surface area (Å²) in [7, 11) is 0. The highest BCUT2D eigenvalue weighted by Crippen LogP contribution is 1.88. The van der Waals surface area contributed by atoms with E-state index in [4.69, 9.17) is 0 Å². The van der Waals surface area contributed by atoms with Crippen LogP contribution in [0.25, 0.3) is 0 Å². The quantitative estimate of drug-likeness (QED) is 0.563. The molecule has 0 fully saturated rings. The Morgan fingerprint density at radius 3 is 2.08 bits per heavy atom. The van der Waals surface area contributed by atoms with Crippen LogP contribution in [-0.4, -0.2) is 21.4 Å². The van der Waals surface area contributed by atoms with Gasteiger partial charge in [-0.05, 0) is 18.3 Å². The summed E-state index contributed by atoms with van der Waals surface area (Å²) in [4.78, 5) is 10.9. The van der Waals surface area contributed by atoms with Crippen LogP contribution in [0.2, 0.25) is 0 Å². The van der Waals surface area contributed by atoms with Gasteiger partial charge in [-0.2, -0.15) is 0 Å². The van der Waals surface area contributed by atoms with E-state index < -0.39 is 0 Å². The van der Waals surface area contributed by atoms with Crippen LogP contribution in [-0.2, 0) is 0 Å². The molecule has 2 rings (SSSR count). The Bertz CT molecular complexity index is 253. The largest absolute Gasteiger partial charge is 0.245 e. The minimum Gasteiger partial charge on any atom is -0.245 e. The van der Waals surface area contributed by atoms with Gasteiger partial charge in [0.1, 0.15) is 12.7 Å². The van der Waals surface area contributed by atoms with E-state index in [2.05, 4.69) is 37.4 Å². The minimum absolute atomic E-state index is 0.315. The predicted octanol–water partition coefficient (Wildman–Crippen LogP) is 1.24. The Morgan fingerprint density at radius 1 is 1.17 bits per heavy atom. The summed E-state index contributed by atoms with van der Waals surface area (Å²) in [6.45, 7) is 0. The second-order valence-corrected chi connectivity index (χ2v) is 2.01. The average molecular weight is 179 g/mol. The minimum atomic E-state index is 0.315. The molecule has 1 aromatic rings. The first-order valence-corrected chi connectivity index (χ1v) is 3.48. The van der Waals surface area contributed by atoms with Gasteiger partial charge in [-0.1, -0.05) is 0 Å². The van der Waals surface area contributed by atoms with E-state index in [-0.39, 0.29) is 0 Å². The summed E-state index contributed by atoms with van der Waals surface area (Å²) in [6, 6.07) is 1.78. The van der Waals surface area contributed by atoms with E-state index in [1.165, 1.54) is 12.7 Å². The van der Waals surface area contributed by atoms with Crippen molar-refractivity contribution in [2.75, 3.05) is 0 Å². The highest BCUT2D eigenvalue weighted by molar-refractivity contribution is 7.80. The van der Waals surface area contributed by atoms with E-state index in [0.717, 1.165) is 0 Å². The molecule has 0 radical (unpaired) electrons. The predicted molar refractivity (Wildman–Crippen MR) is 48.0 cm³/mol. The van der Waals surface area contributed by atoms with E-state index in [9.17, 15) is 0 Å². The fourth-order valence-corrected chi connectivity index (χ4v) is 0.524. The summed E-state index contributed by atoms with van der Waals surface area (Å²) >= 11 is 4.46. The zero-order valence-corrected chi connectivity index (χ0v) is 6.85. The molecule has 2 heterocycles. The molecular formula is C6H5N5S. The Morgan fingerprint density at radius 2 is 1.92 bits per heavy atom. The van der Waals surface area contributed by atoms with E-state index in [1.54, 1.807) is 18.5 Å². The summed E-state index contributed by atoms with van der Waals surface area (Å²) in [5.74, 6) is 0. The van der Waals surface area contributed by atoms with Gasteiger partial charge in [0.2, 0.25) is 5.11 Å². The maximum atomic E-state index is 4.46. The van der Waals surface area contributed by atoms with Crippen molar-refractivity contribution < 1.29 is 0 Å². The van der Waals surface area contributed by atoms with Crippen molar-refractivity contribution in [1.82, 2.24) is 9.97 Å². The van der Waals surface area contributed by atoms with Gasteiger partial charge in [0.05, 0.1) is 0 Å². The van der Waals surface area contributed by atoms with Gasteiger partial charge in [0.25, 0.3) is 0 Å². The van der Waals surface area contributed by atoms with Gasteiger partial charge in [-0.25, -0.2) is 15.0 Å². The van der Waals surface area contributed by atoms with Crippen molar-refractivity contribution >= 4 is 23.7 Å². The molecule has 1 aliphatic rings. The van der Waals surface area contributed by atoms with Crippen molar-refractivity contribution in [3.63, 3.8) is 0 Å². The Hall–Kier alpha value is -1.56. The van der Waals surface area contributed by atoms with Gasteiger partial charge >= 0.3 is 0 Å². The van der Waals surface area contributed by atoms with Gasteiger partial charge in [-0.15, -0.1) is 10.2 Å². The fourth-order valence-electron chi connectivity index (χ4n) is 0.430. The number of hydrogen-bond acceptors (Lipinski definition) is 4. The molecule has 60 valence electrons. The molecule has 0 atom stereocenters. The highest BCUT2D eigenvalue weighted by atomic mass is 32.1. The van der Waals surface area contributed by atoms with Gasteiger partial charge in [0, 0.05) is 12.4 Å². The third-order valence-corrected chi connectivity index (χ3v) is 1.03. The average Bonchev–Trinajstić information content (AvgIpc) is 2.60. The van der Waals surface area contributed by atoms with E-state index >= 15 is 0 Å².